The molecule has 4 aliphatic heterocycles. The Kier molecular flexibility index (Phi) is 24.9. The minimum absolute atomic E-state index is 0. The van der Waals surface area contributed by atoms with Gasteiger partial charge in [0.05, 0.1) is 121 Å². The normalized spacial score (nSPS) is 14.7. The number of unbranched alkanes of at least 4 members (excludes halogenated alkanes) is 2. The summed E-state index contributed by atoms with van der Waals surface area (Å²) in [5.74, 6) is -2.47. The van der Waals surface area contributed by atoms with Gasteiger partial charge in [0.2, 0.25) is 11.8 Å². The number of aryl methyl sites for hydroxylation is 2. The van der Waals surface area contributed by atoms with Crippen LogP contribution in [-0.2, 0) is 22.4 Å². The van der Waals surface area contributed by atoms with E-state index < -0.39 is 34.6 Å². The van der Waals surface area contributed by atoms with Crippen molar-refractivity contribution >= 4 is 92.9 Å². The van der Waals surface area contributed by atoms with Crippen LogP contribution >= 0.6 is 46.4 Å². The predicted octanol–water partition coefficient (Wildman–Crippen LogP) is 6.39. The summed E-state index contributed by atoms with van der Waals surface area (Å²) in [5, 5.41) is 64.2. The second kappa shape index (κ2) is 31.9. The largest absolute Gasteiger partial charge is 0.872 e. The second-order valence-corrected chi connectivity index (χ2v) is 21.5. The van der Waals surface area contributed by atoms with Crippen molar-refractivity contribution in [2.75, 3.05) is 99.1 Å². The highest BCUT2D eigenvalue weighted by Crippen LogP contribution is 2.34. The van der Waals surface area contributed by atoms with Gasteiger partial charge in [-0.3, -0.25) is 9.59 Å². The zero-order valence-electron chi connectivity index (χ0n) is 45.5. The van der Waals surface area contributed by atoms with E-state index in [1.54, 1.807) is 9.80 Å². The number of aromatic hydroxyl groups is 2. The summed E-state index contributed by atoms with van der Waals surface area (Å²) in [6.45, 7) is 12.1. The maximum Gasteiger partial charge on any atom is 0.335 e. The van der Waals surface area contributed by atoms with Gasteiger partial charge in [-0.15, -0.1) is 0 Å². The van der Waals surface area contributed by atoms with Gasteiger partial charge in [-0.05, 0) is 110 Å². The quantitative estimate of drug-likeness (QED) is 0.0488. The number of amides is 2. The molecule has 0 atom stereocenters. The number of carboxylic acid groups (broad SMARTS) is 2. The van der Waals surface area contributed by atoms with Crippen molar-refractivity contribution < 1.29 is 74.6 Å². The molecule has 2 amide bonds. The first kappa shape index (κ1) is 64.8. The van der Waals surface area contributed by atoms with Crippen LogP contribution in [0.3, 0.4) is 0 Å². The number of carbonyl (C=O) groups is 4. The Morgan fingerprint density at radius 2 is 0.916 bits per heavy atom. The number of nitrogens with zero attached hydrogens (tertiary/aromatic N) is 2. The highest BCUT2D eigenvalue weighted by Gasteiger charge is 2.24. The van der Waals surface area contributed by atoms with Gasteiger partial charge >= 0.3 is 11.9 Å². The fourth-order valence-electron chi connectivity index (χ4n) is 9.69. The molecular formula is C60H68Cl4N6O13. The number of benzene rings is 6. The van der Waals surface area contributed by atoms with Crippen LogP contribution in [0.4, 0.5) is 22.7 Å². The number of anilines is 4. The lowest BCUT2D eigenvalue weighted by Crippen LogP contribution is -3.14. The van der Waals surface area contributed by atoms with Crippen LogP contribution in [0.5, 0.6) is 34.5 Å². The number of rotatable bonds is 16. The second-order valence-electron chi connectivity index (χ2n) is 19.9. The molecule has 23 heteroatoms. The van der Waals surface area contributed by atoms with Gasteiger partial charge in [0.15, 0.2) is 0 Å². The fraction of sp³-hybridized carbons (Fsp3) is 0.333. The number of phenolic OH excluding ortho intramolecular Hbond substituents is 2. The van der Waals surface area contributed by atoms with Crippen LogP contribution in [0, 0.1) is 0 Å². The summed E-state index contributed by atoms with van der Waals surface area (Å²) in [6.07, 6.45) is 7.06. The monoisotopic (exact) mass is 1220 g/mol. The molecule has 0 saturated carbocycles. The number of carboxylic acids is 2. The summed E-state index contributed by atoms with van der Waals surface area (Å²) in [7, 11) is 0. The minimum atomic E-state index is -1.33. The first-order valence-electron chi connectivity index (χ1n) is 27.0. The van der Waals surface area contributed by atoms with Crippen molar-refractivity contribution in [2.24, 2.45) is 0 Å². The van der Waals surface area contributed by atoms with E-state index in [1.165, 1.54) is 11.1 Å². The maximum absolute atomic E-state index is 11.5. The molecule has 6 aromatic carbocycles. The Morgan fingerprint density at radius 1 is 0.530 bits per heavy atom. The summed E-state index contributed by atoms with van der Waals surface area (Å²) in [6, 6.07) is 29.8. The van der Waals surface area contributed by atoms with Crippen molar-refractivity contribution in [3.63, 3.8) is 0 Å². The highest BCUT2D eigenvalue weighted by atomic mass is 35.5. The zero-order chi connectivity index (χ0) is 58.7. The summed E-state index contributed by atoms with van der Waals surface area (Å²) in [4.78, 5) is 51.5. The summed E-state index contributed by atoms with van der Waals surface area (Å²) in [5.41, 5.74) is 5.41. The topological polar surface area (TPSA) is 285 Å². The third-order valence-electron chi connectivity index (χ3n) is 14.2. The van der Waals surface area contributed by atoms with Crippen molar-refractivity contribution in [3.8, 4) is 34.5 Å². The number of quaternary nitrogens is 2. The lowest BCUT2D eigenvalue weighted by molar-refractivity contribution is -0.900. The van der Waals surface area contributed by atoms with Crippen LogP contribution in [0.2, 0.25) is 20.1 Å². The number of hydrogen-bond donors (Lipinski definition) is 8. The molecule has 10 rings (SSSR count). The SMILES string of the molecule is O.O=C(O)c1cc(O)ccc1[O-].O=C(O)c1cc(O)ccc1[O-].O=C1CCc2ccc(OCCCC[NH+]3CCN(c4cccc(Cl)c4Cl)CC3)cc2N1.O=C1CCc2ccc(OCCCC[NH+]3CCN(c4cccc(Cl)c4Cl)CC3)cc2N1. The van der Waals surface area contributed by atoms with E-state index in [0.717, 1.165) is 175 Å². The lowest BCUT2D eigenvalue weighted by atomic mass is 10.0. The standard InChI is InChI=1S/2C23H27Cl2N3O2.2C7H6O4.H2O/c2*24-19-4-3-5-21(23(19)25)28-13-11-27(12-14-28)10-1-2-15-30-18-8-6-17-7-9-22(29)26-20(17)16-18;2*8-4-1-2-6(9)5(3-4)7(10)11;/h2*3-6,8,16H,1-2,7,9-15H2,(H,26,29);2*1-3,8-9H,(H,10,11);1H2. The Balaban J connectivity index is 0.000000195. The summed E-state index contributed by atoms with van der Waals surface area (Å²) < 4.78 is 11.8. The maximum atomic E-state index is 11.5. The van der Waals surface area contributed by atoms with Gasteiger partial charge in [-0.1, -0.05) is 94.3 Å². The van der Waals surface area contributed by atoms with Crippen LogP contribution < -0.4 is 49.9 Å². The number of phenols is 2. The molecule has 444 valence electrons. The third kappa shape index (κ3) is 19.4. The van der Waals surface area contributed by atoms with Crippen molar-refractivity contribution in [1.82, 2.24) is 0 Å². The van der Waals surface area contributed by atoms with Gasteiger partial charge in [0, 0.05) is 36.3 Å². The first-order chi connectivity index (χ1) is 39.4. The Bertz CT molecular complexity index is 2970. The minimum Gasteiger partial charge on any atom is -0.872 e. The molecule has 4 aliphatic rings. The molecule has 0 unspecified atom stereocenters. The Hall–Kier alpha value is -7.36. The molecule has 0 radical (unpaired) electrons. The van der Waals surface area contributed by atoms with Crippen LogP contribution in [0.1, 0.15) is 70.4 Å². The number of carbonyl (C=O) groups excluding carboxylic acids is 2. The number of ether oxygens (including phenoxy) is 2. The average Bonchev–Trinajstić information content (AvgIpc) is 3.57. The van der Waals surface area contributed by atoms with E-state index in [2.05, 4.69) is 32.6 Å². The molecule has 2 fully saturated rings. The molecule has 0 aromatic heterocycles. The van der Waals surface area contributed by atoms with Crippen LogP contribution in [0.25, 0.3) is 0 Å². The van der Waals surface area contributed by atoms with E-state index >= 15 is 0 Å². The van der Waals surface area contributed by atoms with Crippen LogP contribution in [-0.4, -0.2) is 128 Å². The van der Waals surface area contributed by atoms with Gasteiger partial charge in [0.25, 0.3) is 0 Å². The molecule has 0 spiro atoms. The van der Waals surface area contributed by atoms with Gasteiger partial charge < -0.3 is 75.8 Å². The van der Waals surface area contributed by atoms with E-state index in [9.17, 15) is 29.4 Å². The average molecular weight is 1220 g/mol. The Labute approximate surface area is 501 Å². The third-order valence-corrected chi connectivity index (χ3v) is 15.8. The highest BCUT2D eigenvalue weighted by molar-refractivity contribution is 6.44. The molecule has 19 nitrogen and oxygen atoms in total. The first-order valence-corrected chi connectivity index (χ1v) is 28.6. The predicted molar refractivity (Wildman–Crippen MR) is 317 cm³/mol. The van der Waals surface area contributed by atoms with E-state index in [0.29, 0.717) is 46.1 Å². The zero-order valence-corrected chi connectivity index (χ0v) is 48.5. The van der Waals surface area contributed by atoms with Crippen LogP contribution in [0.15, 0.2) is 109 Å². The molecule has 0 aliphatic carbocycles. The number of fused-ring (bicyclic) bond motifs is 2. The molecular weight excluding hydrogens is 1150 g/mol. The molecule has 6 aromatic rings. The van der Waals surface area contributed by atoms with Crippen molar-refractivity contribution in [3.05, 3.63) is 152 Å². The number of aromatic carboxylic acids is 2. The lowest BCUT2D eigenvalue weighted by Gasteiger charge is -2.34. The molecule has 4 heterocycles. The van der Waals surface area contributed by atoms with E-state index in [1.807, 2.05) is 60.7 Å². The molecule has 83 heavy (non-hydrogen) atoms. The van der Waals surface area contributed by atoms with E-state index in [-0.39, 0.29) is 28.8 Å². The molecule has 10 N–H and O–H groups in total. The number of nitrogens with one attached hydrogen (secondary N) is 4. The number of piperazine rings is 2. The smallest absolute Gasteiger partial charge is 0.335 e. The fourth-order valence-corrected chi connectivity index (χ4v) is 10.5. The summed E-state index contributed by atoms with van der Waals surface area (Å²) >= 11 is 25.0. The van der Waals surface area contributed by atoms with Gasteiger partial charge in [0.1, 0.15) is 23.0 Å². The van der Waals surface area contributed by atoms with E-state index in [4.69, 9.17) is 76.3 Å². The number of hydrogen-bond acceptors (Lipinski definition) is 12. The molecule has 0 bridgehead atoms. The van der Waals surface area contributed by atoms with Crippen molar-refractivity contribution in [1.29, 1.82) is 0 Å². The van der Waals surface area contributed by atoms with Gasteiger partial charge in [-0.2, -0.15) is 0 Å². The Morgan fingerprint density at radius 3 is 1.28 bits per heavy atom. The molecule has 2 saturated heterocycles. The number of halogens is 4. The van der Waals surface area contributed by atoms with Crippen molar-refractivity contribution in [2.45, 2.75) is 51.4 Å². The van der Waals surface area contributed by atoms with Gasteiger partial charge in [-0.25, -0.2) is 9.59 Å².